The highest BCUT2D eigenvalue weighted by Crippen LogP contribution is 2.31. The highest BCUT2D eigenvalue weighted by atomic mass is 32.2. The van der Waals surface area contributed by atoms with Gasteiger partial charge < -0.3 is 4.90 Å². The van der Waals surface area contributed by atoms with E-state index < -0.39 is 31.5 Å². The highest BCUT2D eigenvalue weighted by Gasteiger charge is 2.32. The van der Waals surface area contributed by atoms with Crippen LogP contribution in [0.3, 0.4) is 0 Å². The Morgan fingerprint density at radius 2 is 1.75 bits per heavy atom. The average molecular weight is 408 g/mol. The van der Waals surface area contributed by atoms with Crippen LogP contribution in [0.4, 0.5) is 20.2 Å². The second-order valence-corrected chi connectivity index (χ2v) is 7.94. The van der Waals surface area contributed by atoms with E-state index in [2.05, 4.69) is 0 Å². The van der Waals surface area contributed by atoms with Crippen molar-refractivity contribution in [3.63, 3.8) is 0 Å². The quantitative estimate of drug-likeness (QED) is 0.567. The number of sulfonamides is 1. The van der Waals surface area contributed by atoms with Crippen LogP contribution in [0.25, 0.3) is 0 Å². The summed E-state index contributed by atoms with van der Waals surface area (Å²) >= 11 is 0. The van der Waals surface area contributed by atoms with Gasteiger partial charge in [-0.15, -0.1) is 0 Å². The van der Waals surface area contributed by atoms with Crippen LogP contribution < -0.4 is 4.90 Å². The van der Waals surface area contributed by atoms with Crippen LogP contribution in [0.5, 0.6) is 0 Å². The van der Waals surface area contributed by atoms with Gasteiger partial charge in [0, 0.05) is 32.2 Å². The van der Waals surface area contributed by atoms with E-state index in [0.717, 1.165) is 16.4 Å². The summed E-state index contributed by atoms with van der Waals surface area (Å²) < 4.78 is 53.5. The Hall–Kier alpha value is -3.10. The van der Waals surface area contributed by atoms with E-state index in [1.165, 1.54) is 18.2 Å². The minimum Gasteiger partial charge on any atom is -0.363 e. The third-order valence-electron chi connectivity index (χ3n) is 4.39. The van der Waals surface area contributed by atoms with Crippen molar-refractivity contribution in [1.29, 1.82) is 5.26 Å². The van der Waals surface area contributed by atoms with Gasteiger partial charge in [0.25, 0.3) is 5.69 Å². The van der Waals surface area contributed by atoms with Crippen molar-refractivity contribution in [1.82, 2.24) is 4.31 Å². The lowest BCUT2D eigenvalue weighted by molar-refractivity contribution is -0.384. The van der Waals surface area contributed by atoms with Gasteiger partial charge >= 0.3 is 0 Å². The molecule has 0 aromatic heterocycles. The number of hydrogen-bond acceptors (Lipinski definition) is 6. The number of halogens is 2. The SMILES string of the molecule is N#Cc1ccc([N+](=O)[O-])c(N2CCN(S(=O)(=O)c3cc(F)ccc3F)CC2)c1. The van der Waals surface area contributed by atoms with E-state index in [-0.39, 0.29) is 43.1 Å². The average Bonchev–Trinajstić information content (AvgIpc) is 2.69. The minimum absolute atomic E-state index is 0.0772. The number of nitriles is 1. The first-order valence-corrected chi connectivity index (χ1v) is 9.57. The van der Waals surface area contributed by atoms with E-state index in [1.54, 1.807) is 4.90 Å². The normalized spacial score (nSPS) is 15.2. The molecule has 0 N–H and O–H groups in total. The molecule has 3 rings (SSSR count). The lowest BCUT2D eigenvalue weighted by Crippen LogP contribution is -2.49. The fourth-order valence-electron chi connectivity index (χ4n) is 2.98. The number of nitro benzene ring substituents is 1. The molecule has 8 nitrogen and oxygen atoms in total. The zero-order chi connectivity index (χ0) is 20.5. The molecule has 11 heteroatoms. The molecule has 2 aromatic carbocycles. The Labute approximate surface area is 159 Å². The molecular weight excluding hydrogens is 394 g/mol. The van der Waals surface area contributed by atoms with Gasteiger partial charge in [-0.25, -0.2) is 17.2 Å². The van der Waals surface area contributed by atoms with E-state index in [4.69, 9.17) is 5.26 Å². The van der Waals surface area contributed by atoms with Crippen LogP contribution in [-0.2, 0) is 10.0 Å². The maximum absolute atomic E-state index is 13.9. The fourth-order valence-corrected chi connectivity index (χ4v) is 4.48. The summed E-state index contributed by atoms with van der Waals surface area (Å²) in [5.41, 5.74) is 0.238. The summed E-state index contributed by atoms with van der Waals surface area (Å²) in [7, 11) is -4.25. The second-order valence-electron chi connectivity index (χ2n) is 6.04. The number of piperazine rings is 1. The monoisotopic (exact) mass is 408 g/mol. The first-order chi connectivity index (χ1) is 13.2. The van der Waals surface area contributed by atoms with E-state index >= 15 is 0 Å². The smallest absolute Gasteiger partial charge is 0.292 e. The molecule has 0 unspecified atom stereocenters. The van der Waals surface area contributed by atoms with Crippen molar-refractivity contribution in [2.45, 2.75) is 4.90 Å². The zero-order valence-electron chi connectivity index (χ0n) is 14.4. The largest absolute Gasteiger partial charge is 0.363 e. The molecule has 0 spiro atoms. The fraction of sp³-hybridized carbons (Fsp3) is 0.235. The topological polar surface area (TPSA) is 108 Å². The van der Waals surface area contributed by atoms with Gasteiger partial charge in [0.1, 0.15) is 22.2 Å². The number of nitrogens with zero attached hydrogens (tertiary/aromatic N) is 4. The van der Waals surface area contributed by atoms with E-state index in [1.807, 2.05) is 6.07 Å². The highest BCUT2D eigenvalue weighted by molar-refractivity contribution is 7.89. The van der Waals surface area contributed by atoms with Crippen LogP contribution in [0.15, 0.2) is 41.3 Å². The molecule has 1 saturated heterocycles. The third kappa shape index (κ3) is 3.64. The Kier molecular flexibility index (Phi) is 5.26. The lowest BCUT2D eigenvalue weighted by Gasteiger charge is -2.35. The van der Waals surface area contributed by atoms with Crippen molar-refractivity contribution < 1.29 is 22.1 Å². The van der Waals surface area contributed by atoms with Crippen LogP contribution in [0.2, 0.25) is 0 Å². The molecule has 0 amide bonds. The van der Waals surface area contributed by atoms with Crippen LogP contribution in [0, 0.1) is 33.1 Å². The first kappa shape index (κ1) is 19.7. The zero-order valence-corrected chi connectivity index (χ0v) is 15.2. The summed E-state index contributed by atoms with van der Waals surface area (Å²) in [6, 6.07) is 8.02. The molecule has 0 saturated carbocycles. The van der Waals surface area contributed by atoms with E-state index in [9.17, 15) is 27.3 Å². The van der Waals surface area contributed by atoms with Crippen LogP contribution in [0.1, 0.15) is 5.56 Å². The maximum atomic E-state index is 13.9. The molecule has 0 bridgehead atoms. The van der Waals surface area contributed by atoms with Gasteiger partial charge in [-0.05, 0) is 30.3 Å². The molecule has 146 valence electrons. The molecule has 1 aliphatic rings. The van der Waals surface area contributed by atoms with Gasteiger partial charge in [0.2, 0.25) is 10.0 Å². The first-order valence-electron chi connectivity index (χ1n) is 8.12. The van der Waals surface area contributed by atoms with Crippen molar-refractivity contribution in [2.24, 2.45) is 0 Å². The van der Waals surface area contributed by atoms with Crippen molar-refractivity contribution in [2.75, 3.05) is 31.1 Å². The minimum atomic E-state index is -4.25. The lowest BCUT2D eigenvalue weighted by atomic mass is 10.1. The third-order valence-corrected chi connectivity index (χ3v) is 6.31. The number of anilines is 1. The van der Waals surface area contributed by atoms with Crippen LogP contribution >= 0.6 is 0 Å². The molecule has 0 atom stereocenters. The summed E-state index contributed by atoms with van der Waals surface area (Å²) in [4.78, 5) is 11.5. The van der Waals surface area contributed by atoms with Crippen LogP contribution in [-0.4, -0.2) is 43.8 Å². The molecule has 0 radical (unpaired) electrons. The molecule has 2 aromatic rings. The Morgan fingerprint density at radius 3 is 2.36 bits per heavy atom. The Balaban J connectivity index is 1.85. The standard InChI is InChI=1S/C17H14F2N4O4S/c18-13-2-3-14(19)17(10-13)28(26,27)22-7-5-21(6-8-22)16-9-12(11-20)1-4-15(16)23(24)25/h1-4,9-10H,5-8H2. The van der Waals surface area contributed by atoms with Gasteiger partial charge in [0.05, 0.1) is 16.6 Å². The number of hydrogen-bond donors (Lipinski definition) is 0. The summed E-state index contributed by atoms with van der Waals surface area (Å²) in [5.74, 6) is -1.93. The van der Waals surface area contributed by atoms with E-state index in [0.29, 0.717) is 6.07 Å². The molecule has 28 heavy (non-hydrogen) atoms. The molecular formula is C17H14F2N4O4S. The number of rotatable bonds is 4. The second kappa shape index (κ2) is 7.49. The predicted octanol–water partition coefficient (Wildman–Crippen LogP) is 2.26. The molecule has 1 heterocycles. The van der Waals surface area contributed by atoms with Gasteiger partial charge in [-0.3, -0.25) is 10.1 Å². The van der Waals surface area contributed by atoms with Crippen molar-refractivity contribution in [3.05, 3.63) is 63.7 Å². The maximum Gasteiger partial charge on any atom is 0.292 e. The summed E-state index contributed by atoms with van der Waals surface area (Å²) in [6.07, 6.45) is 0. The Morgan fingerprint density at radius 1 is 1.07 bits per heavy atom. The molecule has 0 aliphatic carbocycles. The van der Waals surface area contributed by atoms with Gasteiger partial charge in [-0.2, -0.15) is 9.57 Å². The number of benzene rings is 2. The molecule has 1 fully saturated rings. The van der Waals surface area contributed by atoms with Gasteiger partial charge in [-0.1, -0.05) is 0 Å². The summed E-state index contributed by atoms with van der Waals surface area (Å²) in [5, 5.41) is 20.3. The summed E-state index contributed by atoms with van der Waals surface area (Å²) in [6.45, 7) is 0.0240. The van der Waals surface area contributed by atoms with Crippen molar-refractivity contribution in [3.8, 4) is 6.07 Å². The van der Waals surface area contributed by atoms with Crippen molar-refractivity contribution >= 4 is 21.4 Å². The molecule has 1 aliphatic heterocycles. The number of nitro groups is 1. The van der Waals surface area contributed by atoms with Gasteiger partial charge in [0.15, 0.2) is 0 Å². The predicted molar refractivity (Wildman–Crippen MR) is 95.1 cm³/mol. The Bertz CT molecular complexity index is 1080.